The Morgan fingerprint density at radius 3 is 2.75 bits per heavy atom. The lowest BCUT2D eigenvalue weighted by Crippen LogP contribution is -2.50. The van der Waals surface area contributed by atoms with Gasteiger partial charge in [-0.25, -0.2) is 0 Å². The number of carbonyl (C=O) groups is 3. The number of esters is 2. The van der Waals surface area contributed by atoms with Gasteiger partial charge in [-0.1, -0.05) is 12.2 Å². The number of hydrogen-bond donors (Lipinski definition) is 0. The second kappa shape index (κ2) is 2.81. The fourth-order valence-electron chi connectivity index (χ4n) is 3.42. The van der Waals surface area contributed by atoms with E-state index in [0.717, 1.165) is 6.42 Å². The molecule has 4 atom stereocenters. The first-order valence-corrected chi connectivity index (χ1v) is 5.52. The molecule has 1 aliphatic heterocycles. The summed E-state index contributed by atoms with van der Waals surface area (Å²) >= 11 is 0. The van der Waals surface area contributed by atoms with E-state index in [9.17, 15) is 14.4 Å². The summed E-state index contributed by atoms with van der Waals surface area (Å²) in [4.78, 5) is 35.1. The SMILES string of the molecule is CC(=O)[C@@]12C=C[C@@H](CC1)[C@H]1C(=O)OC(=O)[C@@H]12. The summed E-state index contributed by atoms with van der Waals surface area (Å²) < 4.78 is 4.69. The van der Waals surface area contributed by atoms with Crippen LogP contribution in [0.4, 0.5) is 0 Å². The van der Waals surface area contributed by atoms with Crippen molar-refractivity contribution in [2.75, 3.05) is 0 Å². The monoisotopic (exact) mass is 220 g/mol. The van der Waals surface area contributed by atoms with Gasteiger partial charge in [-0.2, -0.15) is 0 Å². The van der Waals surface area contributed by atoms with Crippen molar-refractivity contribution < 1.29 is 19.1 Å². The molecular weight excluding hydrogens is 208 g/mol. The third-order valence-electron chi connectivity index (χ3n) is 4.29. The average Bonchev–Trinajstić information content (AvgIpc) is 2.58. The van der Waals surface area contributed by atoms with Gasteiger partial charge in [0.15, 0.2) is 0 Å². The molecule has 2 fully saturated rings. The zero-order valence-electron chi connectivity index (χ0n) is 8.93. The summed E-state index contributed by atoms with van der Waals surface area (Å²) in [5.41, 5.74) is -0.775. The molecule has 4 nitrogen and oxygen atoms in total. The minimum Gasteiger partial charge on any atom is -0.393 e. The smallest absolute Gasteiger partial charge is 0.318 e. The molecule has 4 aliphatic rings. The Hall–Kier alpha value is -1.45. The number of ketones is 1. The van der Waals surface area contributed by atoms with Gasteiger partial charge in [0.1, 0.15) is 5.78 Å². The van der Waals surface area contributed by atoms with Crippen LogP contribution in [0.2, 0.25) is 0 Å². The van der Waals surface area contributed by atoms with Crippen LogP contribution in [0, 0.1) is 23.2 Å². The highest BCUT2D eigenvalue weighted by atomic mass is 16.6. The molecule has 0 aromatic heterocycles. The second-order valence-corrected chi connectivity index (χ2v) is 4.90. The van der Waals surface area contributed by atoms with E-state index in [-0.39, 0.29) is 11.7 Å². The Morgan fingerprint density at radius 2 is 2.19 bits per heavy atom. The maximum Gasteiger partial charge on any atom is 0.318 e. The molecule has 0 radical (unpaired) electrons. The predicted octanol–water partition coefficient (Wildman–Crippen LogP) is 0.857. The van der Waals surface area contributed by atoms with Crippen LogP contribution in [0.5, 0.6) is 0 Å². The summed E-state index contributed by atoms with van der Waals surface area (Å²) in [6.45, 7) is 1.49. The van der Waals surface area contributed by atoms with Crippen LogP contribution in [0.15, 0.2) is 12.2 Å². The topological polar surface area (TPSA) is 60.4 Å². The number of Topliss-reactive ketones (excluding diaryl/α,β-unsaturated/α-hetero) is 1. The number of cyclic esters (lactones) is 2. The summed E-state index contributed by atoms with van der Waals surface area (Å²) in [6, 6.07) is 0. The highest BCUT2D eigenvalue weighted by Gasteiger charge is 2.63. The van der Waals surface area contributed by atoms with E-state index in [2.05, 4.69) is 0 Å². The van der Waals surface area contributed by atoms with Crippen molar-refractivity contribution in [1.82, 2.24) is 0 Å². The van der Waals surface area contributed by atoms with Crippen molar-refractivity contribution in [2.24, 2.45) is 23.2 Å². The van der Waals surface area contributed by atoms with Gasteiger partial charge < -0.3 is 4.74 Å². The molecule has 0 amide bonds. The molecule has 0 N–H and O–H groups in total. The first-order valence-electron chi connectivity index (χ1n) is 5.52. The number of allylic oxidation sites excluding steroid dienone is 2. The fourth-order valence-corrected chi connectivity index (χ4v) is 3.42. The van der Waals surface area contributed by atoms with Gasteiger partial charge in [-0.05, 0) is 25.7 Å². The van der Waals surface area contributed by atoms with E-state index in [1.165, 1.54) is 6.92 Å². The minimum absolute atomic E-state index is 0.0384. The quantitative estimate of drug-likeness (QED) is 0.373. The lowest BCUT2D eigenvalue weighted by molar-refractivity contribution is -0.155. The zero-order valence-corrected chi connectivity index (χ0v) is 8.93. The fraction of sp³-hybridized carbons (Fsp3) is 0.583. The molecule has 3 aliphatic carbocycles. The highest BCUT2D eigenvalue weighted by molar-refractivity contribution is 6.02. The van der Waals surface area contributed by atoms with E-state index in [4.69, 9.17) is 4.74 Å². The molecule has 0 spiro atoms. The minimum atomic E-state index is -0.775. The second-order valence-electron chi connectivity index (χ2n) is 4.90. The molecule has 4 rings (SSSR count). The van der Waals surface area contributed by atoms with E-state index in [0.29, 0.717) is 6.42 Å². The van der Waals surface area contributed by atoms with Gasteiger partial charge in [-0.15, -0.1) is 0 Å². The standard InChI is InChI=1S/C12H12O4/c1-6(13)12-4-2-7(3-5-12)8-9(12)11(15)16-10(8)14/h2,4,7-9H,3,5H2,1H3/t7-,8+,9+,12+/m0/s1. The lowest BCUT2D eigenvalue weighted by atomic mass is 9.53. The molecule has 1 saturated carbocycles. The van der Waals surface area contributed by atoms with Gasteiger partial charge in [0.2, 0.25) is 0 Å². The Morgan fingerprint density at radius 1 is 1.44 bits per heavy atom. The van der Waals surface area contributed by atoms with Crippen molar-refractivity contribution >= 4 is 17.7 Å². The van der Waals surface area contributed by atoms with Crippen molar-refractivity contribution in [3.05, 3.63) is 12.2 Å². The van der Waals surface area contributed by atoms with Gasteiger partial charge in [0.25, 0.3) is 0 Å². The number of fused-ring (bicyclic) bond motifs is 1. The maximum atomic E-state index is 11.8. The first-order chi connectivity index (χ1) is 7.56. The normalized spacial score (nSPS) is 44.4. The van der Waals surface area contributed by atoms with Crippen molar-refractivity contribution in [1.29, 1.82) is 0 Å². The largest absolute Gasteiger partial charge is 0.393 e. The Labute approximate surface area is 92.6 Å². The Balaban J connectivity index is 2.16. The molecule has 0 aromatic carbocycles. The van der Waals surface area contributed by atoms with Crippen LogP contribution in [-0.4, -0.2) is 17.7 Å². The van der Waals surface area contributed by atoms with Gasteiger partial charge in [-0.3, -0.25) is 14.4 Å². The maximum absolute atomic E-state index is 11.8. The summed E-state index contributed by atoms with van der Waals surface area (Å²) in [6.07, 6.45) is 5.18. The van der Waals surface area contributed by atoms with Crippen LogP contribution in [0.25, 0.3) is 0 Å². The van der Waals surface area contributed by atoms with Gasteiger partial charge in [0, 0.05) is 0 Å². The number of rotatable bonds is 1. The number of carbonyl (C=O) groups excluding carboxylic acids is 3. The molecule has 4 heteroatoms. The van der Waals surface area contributed by atoms with Crippen molar-refractivity contribution in [3.63, 3.8) is 0 Å². The first kappa shape index (κ1) is 9.75. The van der Waals surface area contributed by atoms with Crippen LogP contribution in [0.3, 0.4) is 0 Å². The van der Waals surface area contributed by atoms with Crippen LogP contribution < -0.4 is 0 Å². The lowest BCUT2D eigenvalue weighted by Gasteiger charge is -2.45. The van der Waals surface area contributed by atoms with Gasteiger partial charge >= 0.3 is 11.9 Å². The Bertz CT molecular complexity index is 436. The molecule has 0 unspecified atom stereocenters. The predicted molar refractivity (Wildman–Crippen MR) is 53.1 cm³/mol. The highest BCUT2D eigenvalue weighted by Crippen LogP contribution is 2.56. The zero-order chi connectivity index (χ0) is 11.5. The van der Waals surface area contributed by atoms with Gasteiger partial charge in [0.05, 0.1) is 17.3 Å². The van der Waals surface area contributed by atoms with Crippen LogP contribution in [0.1, 0.15) is 19.8 Å². The van der Waals surface area contributed by atoms with Crippen molar-refractivity contribution in [2.45, 2.75) is 19.8 Å². The van der Waals surface area contributed by atoms with Crippen LogP contribution in [-0.2, 0) is 19.1 Å². The molecular formula is C12H12O4. The number of ether oxygens (including phenoxy) is 1. The van der Waals surface area contributed by atoms with Crippen molar-refractivity contribution in [3.8, 4) is 0 Å². The van der Waals surface area contributed by atoms with Crippen LogP contribution >= 0.6 is 0 Å². The van der Waals surface area contributed by atoms with E-state index < -0.39 is 29.2 Å². The average molecular weight is 220 g/mol. The number of hydrogen-bond acceptors (Lipinski definition) is 4. The molecule has 84 valence electrons. The van der Waals surface area contributed by atoms with E-state index in [1.54, 1.807) is 0 Å². The summed E-state index contributed by atoms with van der Waals surface area (Å²) in [7, 11) is 0. The third kappa shape index (κ3) is 0.925. The molecule has 0 aromatic rings. The van der Waals surface area contributed by atoms with E-state index >= 15 is 0 Å². The molecule has 2 bridgehead atoms. The Kier molecular flexibility index (Phi) is 1.71. The summed E-state index contributed by atoms with van der Waals surface area (Å²) in [5, 5.41) is 0. The molecule has 16 heavy (non-hydrogen) atoms. The van der Waals surface area contributed by atoms with E-state index in [1.807, 2.05) is 12.2 Å². The molecule has 1 saturated heterocycles. The summed E-state index contributed by atoms with van der Waals surface area (Å²) in [5.74, 6) is -1.92. The third-order valence-corrected chi connectivity index (χ3v) is 4.29. The molecule has 1 heterocycles.